The SMILES string of the molecule is CC1COCCN1c1cc(-c2ccc([S+]([O-])C(C)C)cc2)c2ccnc(-c3ccn[nH]3)c2n1. The first-order chi connectivity index (χ1) is 16.0. The van der Waals surface area contributed by atoms with E-state index < -0.39 is 11.2 Å². The first-order valence-corrected chi connectivity index (χ1v) is 12.4. The number of nitrogens with one attached hydrogen (secondary N) is 1. The van der Waals surface area contributed by atoms with Gasteiger partial charge in [0.15, 0.2) is 4.90 Å². The van der Waals surface area contributed by atoms with Crippen molar-refractivity contribution in [2.24, 2.45) is 0 Å². The van der Waals surface area contributed by atoms with E-state index in [2.05, 4.69) is 33.1 Å². The summed E-state index contributed by atoms with van der Waals surface area (Å²) >= 11 is -1.02. The van der Waals surface area contributed by atoms with Gasteiger partial charge >= 0.3 is 0 Å². The zero-order valence-electron chi connectivity index (χ0n) is 19.0. The highest BCUT2D eigenvalue weighted by atomic mass is 32.2. The third-order valence-corrected chi connectivity index (χ3v) is 7.55. The van der Waals surface area contributed by atoms with Crippen molar-refractivity contribution in [3.8, 4) is 22.5 Å². The first kappa shape index (κ1) is 21.9. The lowest BCUT2D eigenvalue weighted by atomic mass is 10.00. The van der Waals surface area contributed by atoms with Gasteiger partial charge in [0.2, 0.25) is 0 Å². The number of ether oxygens (including phenoxy) is 1. The van der Waals surface area contributed by atoms with Crippen LogP contribution in [0.5, 0.6) is 0 Å². The molecule has 4 aromatic rings. The van der Waals surface area contributed by atoms with Crippen LogP contribution in [0.25, 0.3) is 33.4 Å². The number of hydrogen-bond acceptors (Lipinski definition) is 6. The van der Waals surface area contributed by atoms with Gasteiger partial charge in [0.25, 0.3) is 0 Å². The third kappa shape index (κ3) is 4.21. The quantitative estimate of drug-likeness (QED) is 0.442. The number of rotatable bonds is 5. The molecule has 2 atom stereocenters. The molecule has 0 spiro atoms. The summed E-state index contributed by atoms with van der Waals surface area (Å²) in [5.74, 6) is 0.900. The molecule has 5 rings (SSSR count). The lowest BCUT2D eigenvalue weighted by molar-refractivity contribution is 0.0986. The second kappa shape index (κ2) is 9.13. The molecule has 4 heterocycles. The number of anilines is 1. The molecular formula is C25H27N5O2S. The Bertz CT molecular complexity index is 1240. The Labute approximate surface area is 196 Å². The minimum absolute atomic E-state index is 0.0788. The molecule has 1 N–H and O–H groups in total. The molecule has 0 radical (unpaired) electrons. The van der Waals surface area contributed by atoms with E-state index in [1.807, 2.05) is 56.4 Å². The Morgan fingerprint density at radius 3 is 2.67 bits per heavy atom. The number of pyridine rings is 2. The highest BCUT2D eigenvalue weighted by Gasteiger charge is 2.23. The Morgan fingerprint density at radius 2 is 1.97 bits per heavy atom. The molecule has 0 amide bonds. The van der Waals surface area contributed by atoms with Crippen LogP contribution in [0.4, 0.5) is 5.82 Å². The third-order valence-electron chi connectivity index (χ3n) is 5.96. The van der Waals surface area contributed by atoms with Crippen molar-refractivity contribution in [1.29, 1.82) is 0 Å². The van der Waals surface area contributed by atoms with Crippen molar-refractivity contribution < 1.29 is 9.29 Å². The minimum Gasteiger partial charge on any atom is -0.611 e. The van der Waals surface area contributed by atoms with Crippen molar-refractivity contribution >= 4 is 27.9 Å². The maximum atomic E-state index is 12.5. The van der Waals surface area contributed by atoms with E-state index in [0.29, 0.717) is 13.2 Å². The molecule has 0 aliphatic carbocycles. The van der Waals surface area contributed by atoms with Crippen molar-refractivity contribution in [1.82, 2.24) is 20.2 Å². The molecule has 1 aromatic carbocycles. The summed E-state index contributed by atoms with van der Waals surface area (Å²) in [6, 6.07) is 14.3. The van der Waals surface area contributed by atoms with Crippen LogP contribution in [0.15, 0.2) is 59.8 Å². The fraction of sp³-hybridized carbons (Fsp3) is 0.320. The lowest BCUT2D eigenvalue weighted by Gasteiger charge is -2.34. The van der Waals surface area contributed by atoms with E-state index in [9.17, 15) is 4.55 Å². The van der Waals surface area contributed by atoms with Gasteiger partial charge in [-0.1, -0.05) is 0 Å². The topological polar surface area (TPSA) is 90.0 Å². The van der Waals surface area contributed by atoms with Crippen molar-refractivity contribution in [3.05, 3.63) is 54.9 Å². The van der Waals surface area contributed by atoms with Gasteiger partial charge in [0.1, 0.15) is 22.3 Å². The highest BCUT2D eigenvalue weighted by Crippen LogP contribution is 2.36. The van der Waals surface area contributed by atoms with E-state index >= 15 is 0 Å². The Kier molecular flexibility index (Phi) is 6.05. The van der Waals surface area contributed by atoms with Gasteiger partial charge in [-0.25, -0.2) is 4.98 Å². The van der Waals surface area contributed by atoms with Crippen LogP contribution >= 0.6 is 0 Å². The second-order valence-electron chi connectivity index (χ2n) is 8.54. The van der Waals surface area contributed by atoms with E-state index in [-0.39, 0.29) is 11.3 Å². The smallest absolute Gasteiger partial charge is 0.152 e. The van der Waals surface area contributed by atoms with E-state index in [1.54, 1.807) is 6.20 Å². The maximum absolute atomic E-state index is 12.5. The number of hydrogen-bond donors (Lipinski definition) is 1. The van der Waals surface area contributed by atoms with E-state index in [0.717, 1.165) is 50.7 Å². The summed E-state index contributed by atoms with van der Waals surface area (Å²) in [6.07, 6.45) is 3.53. The fourth-order valence-electron chi connectivity index (χ4n) is 4.22. The minimum atomic E-state index is -1.02. The largest absolute Gasteiger partial charge is 0.611 e. The number of nitrogens with zero attached hydrogens (tertiary/aromatic N) is 4. The summed E-state index contributed by atoms with van der Waals surface area (Å²) in [4.78, 5) is 12.8. The predicted molar refractivity (Wildman–Crippen MR) is 132 cm³/mol. The van der Waals surface area contributed by atoms with Crippen LogP contribution < -0.4 is 4.90 Å². The molecule has 1 fully saturated rings. The van der Waals surface area contributed by atoms with Crippen molar-refractivity contribution in [2.75, 3.05) is 24.7 Å². The number of benzene rings is 1. The number of aromatic amines is 1. The summed E-state index contributed by atoms with van der Waals surface area (Å²) in [5, 5.41) is 8.22. The second-order valence-corrected chi connectivity index (χ2v) is 10.6. The fourth-order valence-corrected chi connectivity index (χ4v) is 5.17. The predicted octanol–water partition coefficient (Wildman–Crippen LogP) is 4.43. The number of H-pyrrole nitrogens is 1. The van der Waals surface area contributed by atoms with Crippen LogP contribution in [0.1, 0.15) is 20.8 Å². The van der Waals surface area contributed by atoms with Crippen molar-refractivity contribution in [2.45, 2.75) is 37.0 Å². The molecule has 170 valence electrons. The van der Waals surface area contributed by atoms with Gasteiger partial charge in [-0.15, -0.1) is 0 Å². The van der Waals surface area contributed by atoms with Gasteiger partial charge in [-0.05, 0) is 85.5 Å². The van der Waals surface area contributed by atoms with Crippen LogP contribution in [-0.4, -0.2) is 55.8 Å². The van der Waals surface area contributed by atoms with E-state index in [1.165, 1.54) is 0 Å². The average molecular weight is 462 g/mol. The first-order valence-electron chi connectivity index (χ1n) is 11.2. The molecule has 33 heavy (non-hydrogen) atoms. The Hall–Kier alpha value is -2.94. The molecule has 7 nitrogen and oxygen atoms in total. The molecule has 1 aliphatic heterocycles. The van der Waals surface area contributed by atoms with Gasteiger partial charge < -0.3 is 14.2 Å². The van der Waals surface area contributed by atoms with Gasteiger partial charge in [-0.2, -0.15) is 5.10 Å². The number of aromatic nitrogens is 4. The standard InChI is InChI=1S/C25H27N5O2S/c1-16(2)33(31)19-6-4-18(5-7-19)21-14-23(30-12-13-32-15-17(30)3)28-24-20(21)8-10-26-25(24)22-9-11-27-29-22/h4-11,14,16-17H,12-13,15H2,1-3H3,(H,27,29). The van der Waals surface area contributed by atoms with Gasteiger partial charge in [-0.3, -0.25) is 10.1 Å². The summed E-state index contributed by atoms with van der Waals surface area (Å²) < 4.78 is 18.2. The molecule has 0 bridgehead atoms. The average Bonchev–Trinajstić information content (AvgIpc) is 3.38. The molecule has 2 unspecified atom stereocenters. The Balaban J connectivity index is 1.69. The summed E-state index contributed by atoms with van der Waals surface area (Å²) in [5.41, 5.74) is 4.54. The monoisotopic (exact) mass is 461 g/mol. The normalized spacial score (nSPS) is 17.6. The van der Waals surface area contributed by atoms with Crippen LogP contribution in [-0.2, 0) is 15.9 Å². The molecule has 0 saturated carbocycles. The summed E-state index contributed by atoms with van der Waals surface area (Å²) in [7, 11) is 0. The lowest BCUT2D eigenvalue weighted by Crippen LogP contribution is -2.44. The molecule has 8 heteroatoms. The molecule has 1 aliphatic rings. The maximum Gasteiger partial charge on any atom is 0.152 e. The van der Waals surface area contributed by atoms with Crippen LogP contribution in [0, 0.1) is 0 Å². The van der Waals surface area contributed by atoms with Crippen LogP contribution in [0.3, 0.4) is 0 Å². The van der Waals surface area contributed by atoms with E-state index in [4.69, 9.17) is 9.72 Å². The zero-order valence-corrected chi connectivity index (χ0v) is 19.8. The highest BCUT2D eigenvalue weighted by molar-refractivity contribution is 7.92. The Morgan fingerprint density at radius 1 is 1.15 bits per heavy atom. The molecule has 1 saturated heterocycles. The molecule has 3 aromatic heterocycles. The van der Waals surface area contributed by atoms with Gasteiger partial charge in [0.05, 0.1) is 24.9 Å². The number of morpholine rings is 1. The van der Waals surface area contributed by atoms with Crippen molar-refractivity contribution in [3.63, 3.8) is 0 Å². The molecular weight excluding hydrogens is 434 g/mol. The number of fused-ring (bicyclic) bond motifs is 1. The summed E-state index contributed by atoms with van der Waals surface area (Å²) in [6.45, 7) is 8.23. The zero-order chi connectivity index (χ0) is 22.9. The van der Waals surface area contributed by atoms with Crippen LogP contribution in [0.2, 0.25) is 0 Å². The van der Waals surface area contributed by atoms with Gasteiger partial charge in [0, 0.05) is 24.3 Å².